The second-order valence-corrected chi connectivity index (χ2v) is 2.70. The molecule has 0 saturated carbocycles. The first-order valence-corrected chi connectivity index (χ1v) is 3.38. The lowest BCUT2D eigenvalue weighted by Crippen LogP contribution is -1.95. The summed E-state index contributed by atoms with van der Waals surface area (Å²) in [6.07, 6.45) is 0. The average molecular weight is 198 g/mol. The van der Waals surface area contributed by atoms with Crippen LogP contribution in [0.5, 0.6) is 0 Å². The van der Waals surface area contributed by atoms with Crippen LogP contribution in [0.15, 0.2) is 6.07 Å². The van der Waals surface area contributed by atoms with Gasteiger partial charge in [-0.1, -0.05) is 23.2 Å². The maximum absolute atomic E-state index is 12.6. The third-order valence-electron chi connectivity index (χ3n) is 1.15. The molecule has 0 aliphatic rings. The maximum atomic E-state index is 12.6. The first-order valence-electron chi connectivity index (χ1n) is 2.62. The predicted molar refractivity (Wildman–Crippen MR) is 40.8 cm³/mol. The SMILES string of the molecule is Nc1c(Cl)cc(Cl)c(F)c1F. The largest absolute Gasteiger partial charge is 0.395 e. The minimum absolute atomic E-state index is 0.0890. The number of nitrogens with two attached hydrogens (primary N) is 1. The molecule has 0 saturated heterocycles. The Kier molecular flexibility index (Phi) is 2.20. The highest BCUT2D eigenvalue weighted by molar-refractivity contribution is 6.36. The Morgan fingerprint density at radius 3 is 2.18 bits per heavy atom. The lowest BCUT2D eigenvalue weighted by atomic mass is 10.3. The van der Waals surface area contributed by atoms with Crippen LogP contribution in [0.4, 0.5) is 14.5 Å². The fourth-order valence-corrected chi connectivity index (χ4v) is 1.02. The van der Waals surface area contributed by atoms with Gasteiger partial charge in [0, 0.05) is 0 Å². The molecule has 1 rings (SSSR count). The molecule has 11 heavy (non-hydrogen) atoms. The monoisotopic (exact) mass is 197 g/mol. The number of anilines is 1. The van der Waals surface area contributed by atoms with Crippen molar-refractivity contribution in [1.29, 1.82) is 0 Å². The lowest BCUT2D eigenvalue weighted by molar-refractivity contribution is 0.512. The van der Waals surface area contributed by atoms with Crippen molar-refractivity contribution >= 4 is 28.9 Å². The summed E-state index contributed by atoms with van der Waals surface area (Å²) in [4.78, 5) is 0. The third kappa shape index (κ3) is 1.39. The van der Waals surface area contributed by atoms with E-state index in [0.29, 0.717) is 0 Å². The molecule has 0 atom stereocenters. The van der Waals surface area contributed by atoms with Crippen LogP contribution in [-0.2, 0) is 0 Å². The molecule has 1 aromatic carbocycles. The minimum Gasteiger partial charge on any atom is -0.395 e. The number of hydrogen-bond acceptors (Lipinski definition) is 1. The Balaban J connectivity index is 3.46. The third-order valence-corrected chi connectivity index (χ3v) is 1.74. The molecule has 1 nitrogen and oxygen atoms in total. The minimum atomic E-state index is -1.21. The molecular weight excluding hydrogens is 195 g/mol. The van der Waals surface area contributed by atoms with Gasteiger partial charge in [-0.05, 0) is 6.07 Å². The summed E-state index contributed by atoms with van der Waals surface area (Å²) in [7, 11) is 0. The van der Waals surface area contributed by atoms with Gasteiger partial charge >= 0.3 is 0 Å². The molecule has 0 bridgehead atoms. The first-order chi connectivity index (χ1) is 5.04. The van der Waals surface area contributed by atoms with Gasteiger partial charge in [0.15, 0.2) is 11.6 Å². The normalized spacial score (nSPS) is 10.2. The molecule has 60 valence electrons. The number of benzene rings is 1. The summed E-state index contributed by atoms with van der Waals surface area (Å²) < 4.78 is 25.1. The molecule has 0 aromatic heterocycles. The fourth-order valence-electron chi connectivity index (χ4n) is 0.580. The van der Waals surface area contributed by atoms with Crippen LogP contribution in [0.25, 0.3) is 0 Å². The molecule has 0 aliphatic heterocycles. The van der Waals surface area contributed by atoms with Crippen molar-refractivity contribution in [3.8, 4) is 0 Å². The van der Waals surface area contributed by atoms with E-state index in [9.17, 15) is 8.78 Å². The van der Waals surface area contributed by atoms with Gasteiger partial charge in [-0.25, -0.2) is 8.78 Å². The van der Waals surface area contributed by atoms with Crippen LogP contribution in [-0.4, -0.2) is 0 Å². The van der Waals surface area contributed by atoms with Gasteiger partial charge in [0.2, 0.25) is 0 Å². The molecule has 5 heteroatoms. The van der Waals surface area contributed by atoms with Gasteiger partial charge in [-0.2, -0.15) is 0 Å². The van der Waals surface area contributed by atoms with Crippen molar-refractivity contribution < 1.29 is 8.78 Å². The van der Waals surface area contributed by atoms with E-state index in [2.05, 4.69) is 0 Å². The van der Waals surface area contributed by atoms with Gasteiger partial charge in [0.1, 0.15) is 0 Å². The number of hydrogen-bond donors (Lipinski definition) is 1. The van der Waals surface area contributed by atoms with E-state index in [0.717, 1.165) is 6.07 Å². The molecule has 0 unspecified atom stereocenters. The molecule has 0 amide bonds. The summed E-state index contributed by atoms with van der Waals surface area (Å²) in [5.41, 5.74) is 4.62. The number of nitrogen functional groups attached to an aromatic ring is 1. The zero-order valence-electron chi connectivity index (χ0n) is 5.17. The Hall–Kier alpha value is -0.540. The van der Waals surface area contributed by atoms with Crippen LogP contribution in [0.3, 0.4) is 0 Å². The standard InChI is InChI=1S/C6H3Cl2F2N/c7-2-1-3(8)6(11)5(10)4(2)9/h1H,11H2. The van der Waals surface area contributed by atoms with Crippen molar-refractivity contribution in [2.75, 3.05) is 5.73 Å². The Labute approximate surface area is 71.7 Å². The summed E-state index contributed by atoms with van der Waals surface area (Å²) in [6, 6.07) is 1.05. The van der Waals surface area contributed by atoms with E-state index in [4.69, 9.17) is 28.9 Å². The zero-order valence-corrected chi connectivity index (χ0v) is 6.68. The van der Waals surface area contributed by atoms with E-state index < -0.39 is 17.3 Å². The average Bonchev–Trinajstić information content (AvgIpc) is 1.97. The maximum Gasteiger partial charge on any atom is 0.184 e. The van der Waals surface area contributed by atoms with Crippen LogP contribution >= 0.6 is 23.2 Å². The molecule has 0 radical (unpaired) electrons. The Morgan fingerprint density at radius 2 is 1.64 bits per heavy atom. The fraction of sp³-hybridized carbons (Fsp3) is 0. The molecule has 1 aromatic rings. The highest BCUT2D eigenvalue weighted by Gasteiger charge is 2.13. The Bertz CT molecular complexity index is 275. The van der Waals surface area contributed by atoms with E-state index in [1.54, 1.807) is 0 Å². The van der Waals surface area contributed by atoms with Crippen LogP contribution in [0, 0.1) is 11.6 Å². The first kappa shape index (κ1) is 8.56. The highest BCUT2D eigenvalue weighted by Crippen LogP contribution is 2.29. The molecular formula is C6H3Cl2F2N. The van der Waals surface area contributed by atoms with Crippen LogP contribution < -0.4 is 5.73 Å². The second kappa shape index (κ2) is 2.83. The van der Waals surface area contributed by atoms with Crippen molar-refractivity contribution in [1.82, 2.24) is 0 Å². The predicted octanol–water partition coefficient (Wildman–Crippen LogP) is 2.85. The van der Waals surface area contributed by atoms with Gasteiger partial charge in [-0.15, -0.1) is 0 Å². The van der Waals surface area contributed by atoms with Gasteiger partial charge in [-0.3, -0.25) is 0 Å². The number of rotatable bonds is 0. The van der Waals surface area contributed by atoms with Gasteiger partial charge < -0.3 is 5.73 Å². The van der Waals surface area contributed by atoms with Crippen molar-refractivity contribution in [2.45, 2.75) is 0 Å². The molecule has 0 spiro atoms. The van der Waals surface area contributed by atoms with Gasteiger partial charge in [0.05, 0.1) is 15.7 Å². The summed E-state index contributed by atoms with van der Waals surface area (Å²) in [6.45, 7) is 0. The topological polar surface area (TPSA) is 26.0 Å². The van der Waals surface area contributed by atoms with Gasteiger partial charge in [0.25, 0.3) is 0 Å². The van der Waals surface area contributed by atoms with Crippen molar-refractivity contribution in [3.05, 3.63) is 27.7 Å². The quantitative estimate of drug-likeness (QED) is 0.387. The molecule has 0 fully saturated rings. The van der Waals surface area contributed by atoms with E-state index >= 15 is 0 Å². The van der Waals surface area contributed by atoms with Crippen molar-refractivity contribution in [2.24, 2.45) is 0 Å². The molecule has 0 aliphatic carbocycles. The summed E-state index contributed by atoms with van der Waals surface area (Å²) in [5.74, 6) is -2.38. The zero-order chi connectivity index (χ0) is 8.59. The Morgan fingerprint density at radius 1 is 1.09 bits per heavy atom. The summed E-state index contributed by atoms with van der Waals surface area (Å²) >= 11 is 10.6. The van der Waals surface area contributed by atoms with Crippen LogP contribution in [0.2, 0.25) is 10.0 Å². The number of halogens is 4. The highest BCUT2D eigenvalue weighted by atomic mass is 35.5. The van der Waals surface area contributed by atoms with Crippen molar-refractivity contribution in [3.63, 3.8) is 0 Å². The van der Waals surface area contributed by atoms with E-state index in [1.807, 2.05) is 0 Å². The lowest BCUT2D eigenvalue weighted by Gasteiger charge is -2.01. The molecule has 2 N–H and O–H groups in total. The second-order valence-electron chi connectivity index (χ2n) is 1.88. The van der Waals surface area contributed by atoms with E-state index in [-0.39, 0.29) is 10.0 Å². The summed E-state index contributed by atoms with van der Waals surface area (Å²) in [5, 5.41) is -0.462. The van der Waals surface area contributed by atoms with E-state index in [1.165, 1.54) is 0 Å². The van der Waals surface area contributed by atoms with Crippen LogP contribution in [0.1, 0.15) is 0 Å². The smallest absolute Gasteiger partial charge is 0.184 e. The molecule has 0 heterocycles.